The van der Waals surface area contributed by atoms with E-state index in [0.717, 1.165) is 0 Å². The van der Waals surface area contributed by atoms with E-state index in [9.17, 15) is 14.4 Å². The van der Waals surface area contributed by atoms with E-state index in [1.807, 2.05) is 0 Å². The lowest BCUT2D eigenvalue weighted by atomic mass is 10.0. The number of anilines is 1. The van der Waals surface area contributed by atoms with Gasteiger partial charge in [0.15, 0.2) is 0 Å². The molecule has 0 unspecified atom stereocenters. The van der Waals surface area contributed by atoms with Gasteiger partial charge in [0.1, 0.15) is 6.04 Å². The molecule has 5 N–H and O–H groups in total. The van der Waals surface area contributed by atoms with E-state index >= 15 is 0 Å². The van der Waals surface area contributed by atoms with Gasteiger partial charge in [-0.15, -0.1) is 0 Å². The number of rotatable bonds is 5. The molecule has 0 aliphatic carbocycles. The molecule has 0 spiro atoms. The van der Waals surface area contributed by atoms with Gasteiger partial charge in [-0.25, -0.2) is 9.59 Å². The molecule has 7 nitrogen and oxygen atoms in total. The van der Waals surface area contributed by atoms with E-state index < -0.39 is 23.9 Å². The maximum Gasteiger partial charge on any atom is 0.326 e. The molecule has 1 aromatic rings. The van der Waals surface area contributed by atoms with E-state index in [1.165, 1.54) is 12.1 Å². The van der Waals surface area contributed by atoms with Crippen molar-refractivity contribution in [1.29, 1.82) is 0 Å². The van der Waals surface area contributed by atoms with Crippen molar-refractivity contribution in [3.8, 4) is 0 Å². The average Bonchev–Trinajstić information content (AvgIpc) is 2.34. The fourth-order valence-corrected chi connectivity index (χ4v) is 1.62. The minimum Gasteiger partial charge on any atom is -0.480 e. The third-order valence-electron chi connectivity index (χ3n) is 2.61. The lowest BCUT2D eigenvalue weighted by molar-refractivity contribution is -0.140. The summed E-state index contributed by atoms with van der Waals surface area (Å²) in [5, 5.41) is 13.8. The van der Waals surface area contributed by atoms with Gasteiger partial charge in [0.2, 0.25) is 0 Å². The monoisotopic (exact) mass is 279 g/mol. The first kappa shape index (κ1) is 15.5. The molecule has 1 aromatic carbocycles. The van der Waals surface area contributed by atoms with E-state index in [0.29, 0.717) is 5.69 Å². The van der Waals surface area contributed by atoms with Crippen molar-refractivity contribution in [1.82, 2.24) is 5.32 Å². The van der Waals surface area contributed by atoms with Crippen LogP contribution in [0.15, 0.2) is 24.3 Å². The smallest absolute Gasteiger partial charge is 0.326 e. The maximum atomic E-state index is 12.0. The van der Waals surface area contributed by atoms with Gasteiger partial charge in [-0.2, -0.15) is 0 Å². The third-order valence-corrected chi connectivity index (χ3v) is 2.61. The summed E-state index contributed by atoms with van der Waals surface area (Å²) in [7, 11) is 0. The predicted octanol–water partition coefficient (Wildman–Crippen LogP) is 1.02. The summed E-state index contributed by atoms with van der Waals surface area (Å²) in [4.78, 5) is 33.8. The molecule has 0 saturated carbocycles. The van der Waals surface area contributed by atoms with Crippen molar-refractivity contribution in [2.24, 2.45) is 11.7 Å². The molecule has 0 aromatic heterocycles. The number of aliphatic carboxylic acids is 1. The van der Waals surface area contributed by atoms with Crippen molar-refractivity contribution < 1.29 is 19.5 Å². The number of urea groups is 1. The summed E-state index contributed by atoms with van der Waals surface area (Å²) >= 11 is 0. The second-order valence-electron chi connectivity index (χ2n) is 4.60. The van der Waals surface area contributed by atoms with Crippen LogP contribution in [0.1, 0.15) is 24.2 Å². The first-order chi connectivity index (χ1) is 9.31. The molecule has 0 aliphatic rings. The van der Waals surface area contributed by atoms with Gasteiger partial charge in [-0.05, 0) is 24.1 Å². The van der Waals surface area contributed by atoms with E-state index in [-0.39, 0.29) is 11.5 Å². The highest BCUT2D eigenvalue weighted by Crippen LogP contribution is 2.11. The number of carboxylic acids is 1. The number of hydrogen-bond acceptors (Lipinski definition) is 3. The Bertz CT molecular complexity index is 528. The second kappa shape index (κ2) is 6.55. The van der Waals surface area contributed by atoms with Crippen molar-refractivity contribution in [2.75, 3.05) is 5.32 Å². The first-order valence-electron chi connectivity index (χ1n) is 6.01. The van der Waals surface area contributed by atoms with Crippen molar-refractivity contribution in [3.63, 3.8) is 0 Å². The van der Waals surface area contributed by atoms with E-state index in [1.54, 1.807) is 26.0 Å². The molecule has 0 fully saturated rings. The number of carbonyl (C=O) groups is 3. The zero-order valence-electron chi connectivity index (χ0n) is 11.2. The Morgan fingerprint density at radius 2 is 1.90 bits per heavy atom. The molecule has 1 atom stereocenters. The zero-order valence-corrected chi connectivity index (χ0v) is 11.2. The standard InChI is InChI=1S/C13H17N3O4/c1-7(2)10(12(18)19)16-11(17)8-4-3-5-9(6-8)15-13(14)20/h3-7,10H,1-2H3,(H,16,17)(H,18,19)(H3,14,15,20)/t10-/m0/s1. The summed E-state index contributed by atoms with van der Waals surface area (Å²) in [5.41, 5.74) is 5.58. The van der Waals surface area contributed by atoms with Crippen molar-refractivity contribution >= 4 is 23.6 Å². The van der Waals surface area contributed by atoms with Crippen LogP contribution in [0.3, 0.4) is 0 Å². The first-order valence-corrected chi connectivity index (χ1v) is 6.01. The summed E-state index contributed by atoms with van der Waals surface area (Å²) in [6, 6.07) is 4.34. The van der Waals surface area contributed by atoms with E-state index in [4.69, 9.17) is 10.8 Å². The molecule has 0 radical (unpaired) electrons. The molecule has 20 heavy (non-hydrogen) atoms. The topological polar surface area (TPSA) is 122 Å². The summed E-state index contributed by atoms with van der Waals surface area (Å²) in [6.07, 6.45) is 0. The Labute approximate surface area is 116 Å². The Balaban J connectivity index is 2.86. The highest BCUT2D eigenvalue weighted by molar-refractivity contribution is 5.98. The van der Waals surface area contributed by atoms with Crippen molar-refractivity contribution in [3.05, 3.63) is 29.8 Å². The number of carboxylic acid groups (broad SMARTS) is 1. The van der Waals surface area contributed by atoms with Crippen LogP contribution < -0.4 is 16.4 Å². The van der Waals surface area contributed by atoms with Gasteiger partial charge in [-0.3, -0.25) is 4.79 Å². The fraction of sp³-hybridized carbons (Fsp3) is 0.308. The van der Waals surface area contributed by atoms with Crippen LogP contribution >= 0.6 is 0 Å². The van der Waals surface area contributed by atoms with Crippen LogP contribution in [0, 0.1) is 5.92 Å². The molecule has 0 heterocycles. The Hall–Kier alpha value is -2.57. The zero-order chi connectivity index (χ0) is 15.3. The molecule has 0 bridgehead atoms. The van der Waals surface area contributed by atoms with Crippen molar-refractivity contribution in [2.45, 2.75) is 19.9 Å². The van der Waals surface area contributed by atoms with Gasteiger partial charge in [0, 0.05) is 11.3 Å². The van der Waals surface area contributed by atoms with Gasteiger partial charge >= 0.3 is 12.0 Å². The number of carbonyl (C=O) groups excluding carboxylic acids is 2. The van der Waals surface area contributed by atoms with E-state index in [2.05, 4.69) is 10.6 Å². The van der Waals surface area contributed by atoms with Gasteiger partial charge in [-0.1, -0.05) is 19.9 Å². The number of hydrogen-bond donors (Lipinski definition) is 4. The normalized spacial score (nSPS) is 11.8. The minimum absolute atomic E-state index is 0.239. The Morgan fingerprint density at radius 1 is 1.25 bits per heavy atom. The summed E-state index contributed by atoms with van der Waals surface area (Å²) in [6.45, 7) is 3.40. The molecular formula is C13H17N3O4. The lowest BCUT2D eigenvalue weighted by Gasteiger charge is -2.18. The highest BCUT2D eigenvalue weighted by Gasteiger charge is 2.23. The minimum atomic E-state index is -1.10. The van der Waals surface area contributed by atoms with Crippen LogP contribution in [-0.2, 0) is 4.79 Å². The number of amides is 3. The summed E-state index contributed by atoms with van der Waals surface area (Å²) < 4.78 is 0. The largest absolute Gasteiger partial charge is 0.480 e. The molecule has 3 amide bonds. The SMILES string of the molecule is CC(C)[C@H](NC(=O)c1cccc(NC(N)=O)c1)C(=O)O. The molecule has 0 aliphatic heterocycles. The number of nitrogens with two attached hydrogens (primary N) is 1. The van der Waals surface area contributed by atoms with Crippen LogP contribution in [-0.4, -0.2) is 29.1 Å². The van der Waals surface area contributed by atoms with Gasteiger partial charge in [0.05, 0.1) is 0 Å². The maximum absolute atomic E-state index is 12.0. The molecular weight excluding hydrogens is 262 g/mol. The molecule has 108 valence electrons. The van der Waals surface area contributed by atoms with Gasteiger partial charge < -0.3 is 21.5 Å². The van der Waals surface area contributed by atoms with Gasteiger partial charge in [0.25, 0.3) is 5.91 Å². The molecule has 1 rings (SSSR count). The quantitative estimate of drug-likeness (QED) is 0.642. The number of primary amides is 1. The van der Waals surface area contributed by atoms with Crippen LogP contribution in [0.25, 0.3) is 0 Å². The number of nitrogens with one attached hydrogen (secondary N) is 2. The third kappa shape index (κ3) is 4.27. The second-order valence-corrected chi connectivity index (χ2v) is 4.60. The van der Waals surface area contributed by atoms with Crippen LogP contribution in [0.2, 0.25) is 0 Å². The van der Waals surface area contributed by atoms with Crippen LogP contribution in [0.5, 0.6) is 0 Å². The molecule has 7 heteroatoms. The summed E-state index contributed by atoms with van der Waals surface area (Å²) in [5.74, 6) is -1.87. The average molecular weight is 279 g/mol. The van der Waals surface area contributed by atoms with Crippen LogP contribution in [0.4, 0.5) is 10.5 Å². The molecule has 0 saturated heterocycles. The number of benzene rings is 1. The fourth-order valence-electron chi connectivity index (χ4n) is 1.62. The Morgan fingerprint density at radius 3 is 2.40 bits per heavy atom. The Kier molecular flexibility index (Phi) is 5.08. The lowest BCUT2D eigenvalue weighted by Crippen LogP contribution is -2.44. The highest BCUT2D eigenvalue weighted by atomic mass is 16.4. The predicted molar refractivity (Wildman–Crippen MR) is 73.4 cm³/mol.